The predicted octanol–water partition coefficient (Wildman–Crippen LogP) is 15.3. The SMILES string of the molecule is CCC(COC)OC.CCOCC(CC)OC.COCC1(C)COC1.COCC1CCC(C)(C)OC1.COCC1CCCC(C)(C)O1.COCC1CCCCS1.COCC1CCCSC1.COCC1CCOC(C)(C)C1.COCC1CCSCC1.COCC1CSC1. The zero-order chi connectivity index (χ0) is 69.2. The lowest BCUT2D eigenvalue weighted by atomic mass is 9.89. The summed E-state index contributed by atoms with van der Waals surface area (Å²) < 4.78 is 82.5. The molecule has 8 aliphatic heterocycles. The third kappa shape index (κ3) is 55.5. The minimum absolute atomic E-state index is 0.0709. The lowest BCUT2D eigenvalue weighted by Crippen LogP contribution is -2.43. The van der Waals surface area contributed by atoms with Crippen LogP contribution in [0, 0.1) is 35.0 Å². The molecule has 7 atom stereocenters. The second kappa shape index (κ2) is 62.7. The van der Waals surface area contributed by atoms with Crippen LogP contribution in [-0.4, -0.2) is 258 Å². The van der Waals surface area contributed by atoms with E-state index in [-0.39, 0.29) is 29.0 Å². The van der Waals surface area contributed by atoms with E-state index in [2.05, 4.69) is 97.6 Å². The molecule has 0 aliphatic carbocycles. The van der Waals surface area contributed by atoms with Crippen LogP contribution in [0.5, 0.6) is 0 Å². The van der Waals surface area contributed by atoms with Gasteiger partial charge in [0.2, 0.25) is 0 Å². The molecular formula is C72H148O16S4. The van der Waals surface area contributed by atoms with Crippen LogP contribution in [0.1, 0.15) is 172 Å². The highest BCUT2D eigenvalue weighted by Crippen LogP contribution is 2.31. The van der Waals surface area contributed by atoms with E-state index in [4.69, 9.17) is 75.8 Å². The largest absolute Gasteiger partial charge is 0.384 e. The van der Waals surface area contributed by atoms with Crippen LogP contribution >= 0.6 is 47.0 Å². The van der Waals surface area contributed by atoms with Gasteiger partial charge in [-0.3, -0.25) is 0 Å². The summed E-state index contributed by atoms with van der Waals surface area (Å²) in [5.41, 5.74) is 0.571. The highest BCUT2D eigenvalue weighted by Gasteiger charge is 2.33. The van der Waals surface area contributed by atoms with Crippen molar-refractivity contribution in [3.63, 3.8) is 0 Å². The van der Waals surface area contributed by atoms with Gasteiger partial charge < -0.3 is 75.8 Å². The summed E-state index contributed by atoms with van der Waals surface area (Å²) in [4.78, 5) is 0. The first-order chi connectivity index (χ1) is 44.1. The maximum absolute atomic E-state index is 5.79. The van der Waals surface area contributed by atoms with Gasteiger partial charge in [-0.2, -0.15) is 47.0 Å². The van der Waals surface area contributed by atoms with Gasteiger partial charge in [0.1, 0.15) is 0 Å². The summed E-state index contributed by atoms with van der Waals surface area (Å²) in [6.07, 6.45) is 20.8. The Labute approximate surface area is 584 Å². The van der Waals surface area contributed by atoms with Crippen LogP contribution in [0.4, 0.5) is 0 Å². The minimum Gasteiger partial charge on any atom is -0.384 e. The second-order valence-electron chi connectivity index (χ2n) is 27.4. The summed E-state index contributed by atoms with van der Waals surface area (Å²) in [7, 11) is 19.2. The summed E-state index contributed by atoms with van der Waals surface area (Å²) in [6.45, 7) is 34.0. The van der Waals surface area contributed by atoms with E-state index in [1.165, 1.54) is 104 Å². The Kier molecular flexibility index (Phi) is 64.7. The van der Waals surface area contributed by atoms with Gasteiger partial charge >= 0.3 is 0 Å². The summed E-state index contributed by atoms with van der Waals surface area (Å²) in [6, 6.07) is 0. The quantitative estimate of drug-likeness (QED) is 0.0852. The molecule has 0 aromatic rings. The minimum atomic E-state index is 0.0709. The third-order valence-corrected chi connectivity index (χ3v) is 21.7. The molecule has 16 nitrogen and oxygen atoms in total. The number of hydrogen-bond acceptors (Lipinski definition) is 20. The zero-order valence-electron chi connectivity index (χ0n) is 63.2. The van der Waals surface area contributed by atoms with E-state index in [9.17, 15) is 0 Å². The lowest BCUT2D eigenvalue weighted by Gasteiger charge is -2.37. The molecular weight excluding hydrogens is 1250 g/mol. The second-order valence-corrected chi connectivity index (χ2v) is 32.3. The van der Waals surface area contributed by atoms with Crippen molar-refractivity contribution in [3.8, 4) is 0 Å². The maximum atomic E-state index is 5.79. The molecule has 556 valence electrons. The van der Waals surface area contributed by atoms with E-state index in [1.807, 2.05) is 18.7 Å². The molecule has 0 amide bonds. The summed E-state index contributed by atoms with van der Waals surface area (Å²) in [5.74, 6) is 13.2. The average molecular weight is 1400 g/mol. The number of ether oxygens (including phenoxy) is 16. The van der Waals surface area contributed by atoms with Crippen molar-refractivity contribution < 1.29 is 75.8 Å². The van der Waals surface area contributed by atoms with Gasteiger partial charge in [0.05, 0.1) is 101 Å². The molecule has 8 heterocycles. The van der Waals surface area contributed by atoms with Crippen molar-refractivity contribution in [2.24, 2.45) is 35.0 Å². The Morgan fingerprint density at radius 1 is 0.435 bits per heavy atom. The van der Waals surface area contributed by atoms with E-state index < -0.39 is 0 Å². The van der Waals surface area contributed by atoms with Gasteiger partial charge in [-0.25, -0.2) is 0 Å². The average Bonchev–Trinajstić information content (AvgIpc) is 1.74. The first-order valence-electron chi connectivity index (χ1n) is 35.0. The Morgan fingerprint density at radius 3 is 1.42 bits per heavy atom. The van der Waals surface area contributed by atoms with Crippen molar-refractivity contribution in [1.82, 2.24) is 0 Å². The van der Waals surface area contributed by atoms with Crippen LogP contribution < -0.4 is 0 Å². The zero-order valence-corrected chi connectivity index (χ0v) is 66.5. The van der Waals surface area contributed by atoms with Gasteiger partial charge in [-0.05, 0) is 203 Å². The van der Waals surface area contributed by atoms with Gasteiger partial charge in [0.25, 0.3) is 0 Å². The molecule has 20 heteroatoms. The standard InChI is InChI=1S/3C9H18O2.C7H16O2.3C7H14OS.C6H12O2.C6H14O2.C5H10OS/c1-9(2)6-8(7-10-3)4-5-11-9;1-9(2)5-4-8(6-10-3)7-11-9;1-9(2)6-4-5-8(11-9)7-10-3;1-4-7(8-3)6-9-5-2;1-8-6-7-2-4-9-5-3-7;1-8-5-7-3-2-4-9-6-7;1-8-6-7-4-2-3-5-9-7;1-6(3-7-2)4-8-5-6;1-4-6(8-3)5-7-2;1-6-2-5-3-7-4-5/h3*8H,4-7H2,1-3H3;7H,4-6H2,1-3H3;3*7H,2-6H2,1H3;3-5H2,1-2H3;6H,4-5H2,1-3H3;5H,2-4H2,1H3. The number of rotatable bonds is 25. The van der Waals surface area contributed by atoms with Crippen molar-refractivity contribution >= 4 is 47.0 Å². The van der Waals surface area contributed by atoms with Crippen molar-refractivity contribution in [2.75, 3.05) is 218 Å². The number of thioether (sulfide) groups is 4. The number of hydrogen-bond donors (Lipinski definition) is 0. The summed E-state index contributed by atoms with van der Waals surface area (Å²) in [5, 5.41) is 0.795. The monoisotopic (exact) mass is 1400 g/mol. The first kappa shape index (κ1) is 94.8. The highest BCUT2D eigenvalue weighted by molar-refractivity contribution is 8.00. The molecule has 0 radical (unpaired) electrons. The summed E-state index contributed by atoms with van der Waals surface area (Å²) >= 11 is 8.20. The van der Waals surface area contributed by atoms with Gasteiger partial charge in [0.15, 0.2) is 0 Å². The molecule has 0 bridgehead atoms. The first-order valence-corrected chi connectivity index (χ1v) is 39.5. The number of methoxy groups -OCH3 is 11. The molecule has 0 spiro atoms. The lowest BCUT2D eigenvalue weighted by molar-refractivity contribution is -0.131. The van der Waals surface area contributed by atoms with E-state index in [0.29, 0.717) is 30.0 Å². The van der Waals surface area contributed by atoms with Gasteiger partial charge in [-0.15, -0.1) is 0 Å². The maximum Gasteiger partial charge on any atom is 0.0815 e. The molecule has 7 unspecified atom stereocenters. The van der Waals surface area contributed by atoms with Crippen LogP contribution in [0.15, 0.2) is 0 Å². The molecule has 0 N–H and O–H groups in total. The third-order valence-electron chi connectivity index (χ3n) is 16.6. The predicted molar refractivity (Wildman–Crippen MR) is 394 cm³/mol. The highest BCUT2D eigenvalue weighted by atomic mass is 32.2. The fourth-order valence-electron chi connectivity index (χ4n) is 10.9. The molecule has 0 aromatic heterocycles. The smallest absolute Gasteiger partial charge is 0.0815 e. The Hall–Kier alpha value is 0.760. The molecule has 8 saturated heterocycles. The Bertz CT molecular complexity index is 1410. The van der Waals surface area contributed by atoms with Crippen LogP contribution in [0.3, 0.4) is 0 Å². The van der Waals surface area contributed by atoms with Crippen molar-refractivity contribution in [1.29, 1.82) is 0 Å². The topological polar surface area (TPSA) is 148 Å². The molecule has 8 fully saturated rings. The van der Waals surface area contributed by atoms with Gasteiger partial charge in [-0.1, -0.05) is 27.2 Å². The molecule has 8 rings (SSSR count). The van der Waals surface area contributed by atoms with E-state index in [1.54, 1.807) is 78.2 Å². The normalized spacial score (nSPS) is 24.9. The Morgan fingerprint density at radius 2 is 1.01 bits per heavy atom. The van der Waals surface area contributed by atoms with E-state index in [0.717, 1.165) is 154 Å². The molecule has 0 aromatic carbocycles. The molecule has 8 aliphatic rings. The Balaban J connectivity index is 0. The van der Waals surface area contributed by atoms with Crippen molar-refractivity contribution in [2.45, 2.75) is 212 Å². The molecule has 92 heavy (non-hydrogen) atoms. The molecule has 0 saturated carbocycles. The fraction of sp³-hybridized carbons (Fsp3) is 1.00. The van der Waals surface area contributed by atoms with E-state index >= 15 is 0 Å². The van der Waals surface area contributed by atoms with Crippen LogP contribution in [-0.2, 0) is 75.8 Å². The van der Waals surface area contributed by atoms with Crippen LogP contribution in [0.25, 0.3) is 0 Å². The van der Waals surface area contributed by atoms with Crippen molar-refractivity contribution in [3.05, 3.63) is 0 Å². The van der Waals surface area contributed by atoms with Crippen LogP contribution in [0.2, 0.25) is 0 Å². The fourth-order valence-corrected chi connectivity index (χ4v) is 15.2. The van der Waals surface area contributed by atoms with Gasteiger partial charge in [0, 0.05) is 134 Å².